The highest BCUT2D eigenvalue weighted by Crippen LogP contribution is 2.32. The first-order chi connectivity index (χ1) is 12.6. The van der Waals surface area contributed by atoms with Crippen molar-refractivity contribution in [2.24, 2.45) is 0 Å². The Hall–Kier alpha value is -3.00. The smallest absolute Gasteiger partial charge is 0.339 e. The van der Waals surface area contributed by atoms with Crippen LogP contribution in [0.4, 0.5) is 10.6 Å². The van der Waals surface area contributed by atoms with Gasteiger partial charge in [-0.3, -0.25) is 5.32 Å². The van der Waals surface area contributed by atoms with Crippen LogP contribution in [0.3, 0.4) is 0 Å². The molecule has 134 valence electrons. The third-order valence-electron chi connectivity index (χ3n) is 3.50. The molecule has 0 unspecified atom stereocenters. The quantitative estimate of drug-likeness (QED) is 0.668. The molecular formula is C18H18N4O3S. The number of hydrogen-bond acceptors (Lipinski definition) is 6. The Balaban J connectivity index is 1.87. The van der Waals surface area contributed by atoms with E-state index in [0.717, 1.165) is 20.8 Å². The number of aromatic nitrogens is 2. The number of ether oxygens (including phenoxy) is 1. The van der Waals surface area contributed by atoms with Crippen LogP contribution < -0.4 is 10.6 Å². The van der Waals surface area contributed by atoms with Gasteiger partial charge in [0.25, 0.3) is 0 Å². The van der Waals surface area contributed by atoms with E-state index in [1.807, 2.05) is 19.1 Å². The van der Waals surface area contributed by atoms with Gasteiger partial charge in [-0.25, -0.2) is 19.6 Å². The van der Waals surface area contributed by atoms with Gasteiger partial charge in [-0.15, -0.1) is 11.3 Å². The molecule has 0 atom stereocenters. The minimum absolute atomic E-state index is 0.299. The van der Waals surface area contributed by atoms with Crippen molar-refractivity contribution in [3.63, 3.8) is 0 Å². The van der Waals surface area contributed by atoms with Crippen molar-refractivity contribution in [1.82, 2.24) is 15.3 Å². The summed E-state index contributed by atoms with van der Waals surface area (Å²) in [4.78, 5) is 32.4. The van der Waals surface area contributed by atoms with Crippen LogP contribution in [0.2, 0.25) is 0 Å². The molecule has 0 fully saturated rings. The molecule has 0 bridgehead atoms. The summed E-state index contributed by atoms with van der Waals surface area (Å²) in [6, 6.07) is 8.62. The van der Waals surface area contributed by atoms with Gasteiger partial charge < -0.3 is 10.1 Å². The van der Waals surface area contributed by atoms with E-state index in [-0.39, 0.29) is 12.0 Å². The molecule has 2 aromatic heterocycles. The Labute approximate surface area is 154 Å². The number of anilines is 1. The molecule has 0 saturated heterocycles. The van der Waals surface area contributed by atoms with E-state index in [4.69, 9.17) is 4.74 Å². The molecule has 2 amide bonds. The van der Waals surface area contributed by atoms with Crippen molar-refractivity contribution >= 4 is 39.4 Å². The first kappa shape index (κ1) is 17.8. The first-order valence-corrected chi connectivity index (χ1v) is 9.02. The molecule has 3 aromatic rings. The molecule has 0 aliphatic rings. The lowest BCUT2D eigenvalue weighted by molar-refractivity contribution is 0.0529. The van der Waals surface area contributed by atoms with E-state index in [0.29, 0.717) is 24.5 Å². The number of fused-ring (bicyclic) bond motifs is 1. The van der Waals surface area contributed by atoms with Gasteiger partial charge in [-0.1, -0.05) is 6.07 Å². The molecule has 3 rings (SSSR count). The lowest BCUT2D eigenvalue weighted by Gasteiger charge is -2.05. The minimum Gasteiger partial charge on any atom is -0.462 e. The maximum Gasteiger partial charge on any atom is 0.339 e. The van der Waals surface area contributed by atoms with Crippen molar-refractivity contribution < 1.29 is 14.3 Å². The van der Waals surface area contributed by atoms with E-state index in [1.165, 1.54) is 11.3 Å². The number of urea groups is 1. The molecule has 8 heteroatoms. The minimum atomic E-state index is -0.354. The Bertz CT molecular complexity index is 937. The lowest BCUT2D eigenvalue weighted by atomic mass is 10.2. The van der Waals surface area contributed by atoms with Crippen molar-refractivity contribution in [2.75, 3.05) is 18.5 Å². The van der Waals surface area contributed by atoms with Gasteiger partial charge in [-0.2, -0.15) is 0 Å². The number of rotatable bonds is 5. The Morgan fingerprint density at radius 3 is 2.73 bits per heavy atom. The van der Waals surface area contributed by atoms with Crippen LogP contribution in [0, 0.1) is 0 Å². The van der Waals surface area contributed by atoms with E-state index in [1.54, 1.807) is 31.3 Å². The molecule has 26 heavy (non-hydrogen) atoms. The van der Waals surface area contributed by atoms with Gasteiger partial charge in [0.1, 0.15) is 10.8 Å². The maximum atomic E-state index is 12.1. The third kappa shape index (κ3) is 3.80. The number of carbonyl (C=O) groups excluding carboxylic acids is 2. The van der Waals surface area contributed by atoms with E-state index >= 15 is 0 Å². The zero-order valence-electron chi connectivity index (χ0n) is 14.4. The Morgan fingerprint density at radius 2 is 2.04 bits per heavy atom. The van der Waals surface area contributed by atoms with Gasteiger partial charge in [-0.05, 0) is 38.1 Å². The molecule has 2 N–H and O–H groups in total. The third-order valence-corrected chi connectivity index (χ3v) is 4.65. The number of nitrogens with one attached hydrogen (secondary N) is 2. The van der Waals surface area contributed by atoms with Gasteiger partial charge in [0.05, 0.1) is 22.4 Å². The van der Waals surface area contributed by atoms with Crippen LogP contribution in [0.15, 0.2) is 36.5 Å². The zero-order valence-corrected chi connectivity index (χ0v) is 15.2. The van der Waals surface area contributed by atoms with Gasteiger partial charge in [0, 0.05) is 18.3 Å². The highest BCUT2D eigenvalue weighted by Gasteiger charge is 2.15. The zero-order chi connectivity index (χ0) is 18.5. The Morgan fingerprint density at radius 1 is 1.19 bits per heavy atom. The van der Waals surface area contributed by atoms with Gasteiger partial charge >= 0.3 is 12.0 Å². The van der Waals surface area contributed by atoms with Crippen LogP contribution in [-0.4, -0.2) is 35.1 Å². The maximum absolute atomic E-state index is 12.1. The Kier molecular flexibility index (Phi) is 5.43. The molecule has 1 aromatic carbocycles. The molecule has 2 heterocycles. The van der Waals surface area contributed by atoms with Crippen molar-refractivity contribution in [1.29, 1.82) is 0 Å². The molecule has 0 aliphatic carbocycles. The summed E-state index contributed by atoms with van der Waals surface area (Å²) >= 11 is 1.41. The molecule has 0 spiro atoms. The largest absolute Gasteiger partial charge is 0.462 e. The molecule has 0 saturated carbocycles. The molecular weight excluding hydrogens is 352 g/mol. The highest BCUT2D eigenvalue weighted by molar-refractivity contribution is 7.22. The average Bonchev–Trinajstić information content (AvgIpc) is 3.07. The number of hydrogen-bond donors (Lipinski definition) is 2. The number of pyridine rings is 1. The number of esters is 1. The van der Waals surface area contributed by atoms with Gasteiger partial charge in [0.15, 0.2) is 0 Å². The van der Waals surface area contributed by atoms with Crippen LogP contribution in [0.5, 0.6) is 0 Å². The summed E-state index contributed by atoms with van der Waals surface area (Å²) in [5.74, 6) is 0.0981. The second kappa shape index (κ2) is 7.92. The molecule has 0 aliphatic heterocycles. The van der Waals surface area contributed by atoms with Crippen molar-refractivity contribution in [3.8, 4) is 10.6 Å². The second-order valence-corrected chi connectivity index (χ2v) is 6.31. The summed E-state index contributed by atoms with van der Waals surface area (Å²) in [7, 11) is 0. The van der Waals surface area contributed by atoms with Crippen LogP contribution in [0.1, 0.15) is 24.2 Å². The van der Waals surface area contributed by atoms with E-state index < -0.39 is 0 Å². The van der Waals surface area contributed by atoms with Crippen LogP contribution in [0.25, 0.3) is 20.8 Å². The number of carbonyl (C=O) groups is 2. The van der Waals surface area contributed by atoms with E-state index in [9.17, 15) is 9.59 Å². The fourth-order valence-corrected chi connectivity index (χ4v) is 3.41. The second-order valence-electron chi connectivity index (χ2n) is 5.31. The summed E-state index contributed by atoms with van der Waals surface area (Å²) < 4.78 is 5.89. The van der Waals surface area contributed by atoms with Crippen LogP contribution in [-0.2, 0) is 4.74 Å². The SMILES string of the molecule is CCNC(=O)Nc1ccc(-c2nc3cccc(C(=O)OCC)c3s2)cn1. The van der Waals surface area contributed by atoms with Crippen molar-refractivity contribution in [3.05, 3.63) is 42.1 Å². The normalized spacial score (nSPS) is 10.5. The first-order valence-electron chi connectivity index (χ1n) is 8.20. The van der Waals surface area contributed by atoms with E-state index in [2.05, 4.69) is 20.6 Å². The number of benzene rings is 1. The highest BCUT2D eigenvalue weighted by atomic mass is 32.1. The number of amides is 2. The molecule has 7 nitrogen and oxygen atoms in total. The van der Waals surface area contributed by atoms with Gasteiger partial charge in [0.2, 0.25) is 0 Å². The molecule has 0 radical (unpaired) electrons. The summed E-state index contributed by atoms with van der Waals surface area (Å²) in [5.41, 5.74) is 2.05. The predicted molar refractivity (Wildman–Crippen MR) is 102 cm³/mol. The van der Waals surface area contributed by atoms with Crippen molar-refractivity contribution in [2.45, 2.75) is 13.8 Å². The lowest BCUT2D eigenvalue weighted by Crippen LogP contribution is -2.28. The van der Waals surface area contributed by atoms with Crippen LogP contribution >= 0.6 is 11.3 Å². The fourth-order valence-electron chi connectivity index (χ4n) is 2.36. The summed E-state index contributed by atoms with van der Waals surface area (Å²) in [5, 5.41) is 6.03. The standard InChI is InChI=1S/C18H18N4O3S/c1-3-19-18(24)22-14-9-8-11(10-20-14)16-21-13-7-5-6-12(15(13)26-16)17(23)25-4-2/h5-10H,3-4H2,1-2H3,(H2,19,20,22,24). The number of nitrogens with zero attached hydrogens (tertiary/aromatic N) is 2. The predicted octanol–water partition coefficient (Wildman–Crippen LogP) is 3.68. The monoisotopic (exact) mass is 370 g/mol. The summed E-state index contributed by atoms with van der Waals surface area (Å²) in [6.07, 6.45) is 1.64. The number of thiazole rings is 1. The summed E-state index contributed by atoms with van der Waals surface area (Å²) in [6.45, 7) is 4.48. The topological polar surface area (TPSA) is 93.2 Å². The fraction of sp³-hybridized carbons (Fsp3) is 0.222. The average molecular weight is 370 g/mol.